The van der Waals surface area contributed by atoms with Crippen LogP contribution in [0.2, 0.25) is 0 Å². The van der Waals surface area contributed by atoms with Gasteiger partial charge in [-0.2, -0.15) is 9.97 Å². The summed E-state index contributed by atoms with van der Waals surface area (Å²) in [6.07, 6.45) is 9.75. The summed E-state index contributed by atoms with van der Waals surface area (Å²) in [5.41, 5.74) is 4.34. The number of carbonyl (C=O) groups is 1. The monoisotopic (exact) mass is 367 g/mol. The minimum Gasteiger partial charge on any atom is -0.463 e. The van der Waals surface area contributed by atoms with Crippen LogP contribution in [-0.4, -0.2) is 35.4 Å². The topological polar surface area (TPSA) is 55.3 Å². The predicted octanol–water partition coefficient (Wildman–Crippen LogP) is 3.98. The Balaban J connectivity index is 1.91. The van der Waals surface area contributed by atoms with E-state index in [4.69, 9.17) is 14.7 Å². The number of ether oxygens (including phenoxy) is 1. The Morgan fingerprint density at radius 2 is 2.15 bits per heavy atom. The maximum atomic E-state index is 12.0. The Morgan fingerprint density at radius 1 is 1.30 bits per heavy atom. The number of fused-ring (bicyclic) bond motifs is 1. The van der Waals surface area contributed by atoms with E-state index in [1.165, 1.54) is 17.2 Å². The van der Waals surface area contributed by atoms with Crippen LogP contribution >= 0.6 is 0 Å². The molecule has 0 spiro atoms. The van der Waals surface area contributed by atoms with Crippen LogP contribution in [0.4, 0.5) is 5.82 Å². The van der Waals surface area contributed by atoms with Gasteiger partial charge in [0.15, 0.2) is 5.78 Å². The molecule has 1 aromatic rings. The number of carbonyl (C=O) groups excluding carboxylic acids is 1. The number of rotatable bonds is 6. The molecule has 3 rings (SSSR count). The third kappa shape index (κ3) is 4.65. The van der Waals surface area contributed by atoms with E-state index >= 15 is 0 Å². The molecular weight excluding hydrogens is 338 g/mol. The SMILES string of the molecule is C=CC(=O)C1=CCCN(c2nc(OCCC)nc3c2CCCC(=C)C3)CC1. The van der Waals surface area contributed by atoms with Gasteiger partial charge in [0.05, 0.1) is 12.3 Å². The minimum atomic E-state index is 0.0293. The van der Waals surface area contributed by atoms with Gasteiger partial charge in [0.25, 0.3) is 0 Å². The van der Waals surface area contributed by atoms with Gasteiger partial charge in [-0.1, -0.05) is 31.7 Å². The van der Waals surface area contributed by atoms with Crippen LogP contribution in [-0.2, 0) is 17.6 Å². The molecule has 5 heteroatoms. The Hall–Kier alpha value is -2.43. The van der Waals surface area contributed by atoms with Gasteiger partial charge in [-0.15, -0.1) is 0 Å². The normalized spacial score (nSPS) is 17.4. The van der Waals surface area contributed by atoms with E-state index in [-0.39, 0.29) is 5.78 Å². The van der Waals surface area contributed by atoms with E-state index < -0.39 is 0 Å². The molecule has 1 aromatic heterocycles. The van der Waals surface area contributed by atoms with Crippen LogP contribution in [0.15, 0.2) is 36.5 Å². The van der Waals surface area contributed by atoms with E-state index in [1.807, 2.05) is 6.08 Å². The van der Waals surface area contributed by atoms with Gasteiger partial charge in [-0.25, -0.2) is 0 Å². The first-order valence-electron chi connectivity index (χ1n) is 9.92. The van der Waals surface area contributed by atoms with Gasteiger partial charge in [0.2, 0.25) is 0 Å². The molecule has 5 nitrogen and oxygen atoms in total. The van der Waals surface area contributed by atoms with Crippen molar-refractivity contribution < 1.29 is 9.53 Å². The molecule has 0 fully saturated rings. The number of nitrogens with zero attached hydrogens (tertiary/aromatic N) is 3. The summed E-state index contributed by atoms with van der Waals surface area (Å²) in [5, 5.41) is 0. The van der Waals surface area contributed by atoms with Crippen molar-refractivity contribution in [1.29, 1.82) is 0 Å². The van der Waals surface area contributed by atoms with E-state index in [2.05, 4.69) is 25.0 Å². The number of anilines is 1. The molecule has 0 N–H and O–H groups in total. The molecule has 0 atom stereocenters. The number of hydrogen-bond acceptors (Lipinski definition) is 5. The van der Waals surface area contributed by atoms with E-state index in [1.54, 1.807) is 0 Å². The quantitative estimate of drug-likeness (QED) is 0.432. The molecule has 2 aliphatic rings. The lowest BCUT2D eigenvalue weighted by molar-refractivity contribution is -0.111. The van der Waals surface area contributed by atoms with Crippen LogP contribution < -0.4 is 9.64 Å². The van der Waals surface area contributed by atoms with Gasteiger partial charge < -0.3 is 9.64 Å². The maximum Gasteiger partial charge on any atom is 0.318 e. The standard InChI is InChI=1S/C22H29N3O2/c1-4-14-27-22-23-19-15-16(3)8-6-10-18(19)21(24-22)25-12-7-9-17(11-13-25)20(26)5-2/h5,9H,2-4,6-8,10-15H2,1H3. The molecule has 27 heavy (non-hydrogen) atoms. The molecule has 1 aliphatic heterocycles. The minimum absolute atomic E-state index is 0.0293. The van der Waals surface area contributed by atoms with Crippen LogP contribution in [0.25, 0.3) is 0 Å². The summed E-state index contributed by atoms with van der Waals surface area (Å²) in [6.45, 7) is 12.1. The molecule has 0 unspecified atom stereocenters. The van der Waals surface area contributed by atoms with Crippen molar-refractivity contribution in [2.75, 3.05) is 24.6 Å². The lowest BCUT2D eigenvalue weighted by Crippen LogP contribution is -2.28. The lowest BCUT2D eigenvalue weighted by atomic mass is 10.1. The van der Waals surface area contributed by atoms with Crippen LogP contribution in [0.5, 0.6) is 6.01 Å². The molecule has 0 radical (unpaired) electrons. The largest absolute Gasteiger partial charge is 0.463 e. The molecule has 0 amide bonds. The van der Waals surface area contributed by atoms with Crippen molar-refractivity contribution in [1.82, 2.24) is 9.97 Å². The summed E-state index contributed by atoms with van der Waals surface area (Å²) in [5.74, 6) is 1.00. The number of hydrogen-bond donors (Lipinski definition) is 0. The second-order valence-electron chi connectivity index (χ2n) is 7.21. The molecular formula is C22H29N3O2. The Bertz CT molecular complexity index is 767. The molecule has 0 saturated carbocycles. The van der Waals surface area contributed by atoms with Crippen LogP contribution in [0, 0.1) is 0 Å². The fourth-order valence-electron chi connectivity index (χ4n) is 3.69. The average molecular weight is 367 g/mol. The summed E-state index contributed by atoms with van der Waals surface area (Å²) < 4.78 is 5.78. The van der Waals surface area contributed by atoms with Gasteiger partial charge in [-0.3, -0.25) is 4.79 Å². The van der Waals surface area contributed by atoms with Crippen LogP contribution in [0.1, 0.15) is 50.3 Å². The van der Waals surface area contributed by atoms with Crippen molar-refractivity contribution in [3.05, 3.63) is 47.7 Å². The highest BCUT2D eigenvalue weighted by Crippen LogP contribution is 2.31. The van der Waals surface area contributed by atoms with E-state index in [0.29, 0.717) is 19.0 Å². The summed E-state index contributed by atoms with van der Waals surface area (Å²) in [4.78, 5) is 23.7. The molecule has 144 valence electrons. The van der Waals surface area contributed by atoms with Crippen molar-refractivity contribution in [3.8, 4) is 6.01 Å². The predicted molar refractivity (Wildman–Crippen MR) is 108 cm³/mol. The van der Waals surface area contributed by atoms with E-state index in [0.717, 1.165) is 68.7 Å². The summed E-state index contributed by atoms with van der Waals surface area (Å²) in [6, 6.07) is 0.458. The number of ketones is 1. The second-order valence-corrected chi connectivity index (χ2v) is 7.21. The number of aromatic nitrogens is 2. The molecule has 0 aromatic carbocycles. The molecule has 1 aliphatic carbocycles. The Kier molecular flexibility index (Phi) is 6.43. The zero-order valence-electron chi connectivity index (χ0n) is 16.3. The van der Waals surface area contributed by atoms with E-state index in [9.17, 15) is 4.79 Å². The average Bonchev–Trinajstić information content (AvgIpc) is 3.02. The zero-order valence-corrected chi connectivity index (χ0v) is 16.3. The fourth-order valence-corrected chi connectivity index (χ4v) is 3.69. The third-order valence-corrected chi connectivity index (χ3v) is 5.10. The Morgan fingerprint density at radius 3 is 2.93 bits per heavy atom. The van der Waals surface area contributed by atoms with Gasteiger partial charge in [-0.05, 0) is 50.2 Å². The first kappa shape index (κ1) is 19.3. The second kappa shape index (κ2) is 8.98. The molecule has 0 bridgehead atoms. The Labute approximate surface area is 161 Å². The highest BCUT2D eigenvalue weighted by molar-refractivity contribution is 6.03. The highest BCUT2D eigenvalue weighted by atomic mass is 16.5. The number of allylic oxidation sites excluding steroid dienone is 2. The summed E-state index contributed by atoms with van der Waals surface area (Å²) >= 11 is 0. The first-order chi connectivity index (χ1) is 13.1. The fraction of sp³-hybridized carbons (Fsp3) is 0.500. The first-order valence-corrected chi connectivity index (χ1v) is 9.92. The highest BCUT2D eigenvalue weighted by Gasteiger charge is 2.24. The lowest BCUT2D eigenvalue weighted by Gasteiger charge is -2.25. The smallest absolute Gasteiger partial charge is 0.318 e. The van der Waals surface area contributed by atoms with Crippen molar-refractivity contribution >= 4 is 11.6 Å². The van der Waals surface area contributed by atoms with Crippen molar-refractivity contribution in [3.63, 3.8) is 0 Å². The van der Waals surface area contributed by atoms with Gasteiger partial charge >= 0.3 is 6.01 Å². The summed E-state index contributed by atoms with van der Waals surface area (Å²) in [7, 11) is 0. The van der Waals surface area contributed by atoms with Crippen molar-refractivity contribution in [2.45, 2.75) is 51.9 Å². The molecule has 0 saturated heterocycles. The zero-order chi connectivity index (χ0) is 19.2. The van der Waals surface area contributed by atoms with Crippen molar-refractivity contribution in [2.24, 2.45) is 0 Å². The third-order valence-electron chi connectivity index (χ3n) is 5.10. The maximum absolute atomic E-state index is 12.0. The van der Waals surface area contributed by atoms with Gasteiger partial charge in [0, 0.05) is 25.1 Å². The molecule has 2 heterocycles. The van der Waals surface area contributed by atoms with Crippen LogP contribution in [0.3, 0.4) is 0 Å². The van der Waals surface area contributed by atoms with Gasteiger partial charge in [0.1, 0.15) is 5.82 Å².